The first-order valence-electron chi connectivity index (χ1n) is 5.65. The first-order chi connectivity index (χ1) is 9.72. The standard InChI is InChI=1S/C12H9F3N2O4/c1-2-21-10(18)5-7-3-4-9(17(19)20)8(6-16)11(7)12(13,14)15/h3-4H,2,5H2,1H3. The van der Waals surface area contributed by atoms with Crippen LogP contribution >= 0.6 is 0 Å². The predicted molar refractivity (Wildman–Crippen MR) is 63.2 cm³/mol. The normalized spacial score (nSPS) is 10.8. The second-order valence-electron chi connectivity index (χ2n) is 3.84. The molecule has 0 bridgehead atoms. The number of alkyl halides is 3. The smallest absolute Gasteiger partial charge is 0.418 e. The minimum atomic E-state index is -5.00. The minimum Gasteiger partial charge on any atom is -0.466 e. The van der Waals surface area contributed by atoms with E-state index in [4.69, 9.17) is 5.26 Å². The topological polar surface area (TPSA) is 93.2 Å². The molecule has 0 heterocycles. The molecule has 0 aliphatic heterocycles. The van der Waals surface area contributed by atoms with E-state index in [1.54, 1.807) is 0 Å². The molecule has 6 nitrogen and oxygen atoms in total. The van der Waals surface area contributed by atoms with Gasteiger partial charge < -0.3 is 4.74 Å². The number of esters is 1. The Bertz CT molecular complexity index is 620. The van der Waals surface area contributed by atoms with Crippen LogP contribution in [0.25, 0.3) is 0 Å². The first kappa shape index (κ1) is 16.4. The number of nitro groups is 1. The minimum absolute atomic E-state index is 0.0156. The summed E-state index contributed by atoms with van der Waals surface area (Å²) in [6, 6.07) is 2.75. The van der Waals surface area contributed by atoms with E-state index in [0.29, 0.717) is 0 Å². The fourth-order valence-electron chi connectivity index (χ4n) is 1.74. The van der Waals surface area contributed by atoms with Crippen LogP contribution in [0.4, 0.5) is 18.9 Å². The van der Waals surface area contributed by atoms with Gasteiger partial charge in [-0.1, -0.05) is 6.07 Å². The lowest BCUT2D eigenvalue weighted by molar-refractivity contribution is -0.385. The summed E-state index contributed by atoms with van der Waals surface area (Å²) in [5.41, 5.74) is -4.10. The van der Waals surface area contributed by atoms with Crippen molar-refractivity contribution in [2.75, 3.05) is 6.61 Å². The van der Waals surface area contributed by atoms with Gasteiger partial charge in [0.25, 0.3) is 5.69 Å². The number of rotatable bonds is 4. The van der Waals surface area contributed by atoms with Crippen LogP contribution in [-0.2, 0) is 22.1 Å². The fraction of sp³-hybridized carbons (Fsp3) is 0.333. The van der Waals surface area contributed by atoms with E-state index in [1.165, 1.54) is 13.0 Å². The molecular weight excluding hydrogens is 293 g/mol. The molecule has 1 aromatic carbocycles. The second-order valence-corrected chi connectivity index (χ2v) is 3.84. The summed E-state index contributed by atoms with van der Waals surface area (Å²) in [5, 5.41) is 19.5. The Morgan fingerprint density at radius 3 is 2.52 bits per heavy atom. The number of nitrogens with zero attached hydrogens (tertiary/aromatic N) is 2. The monoisotopic (exact) mass is 302 g/mol. The number of ether oxygens (including phenoxy) is 1. The number of halogens is 3. The van der Waals surface area contributed by atoms with E-state index in [-0.39, 0.29) is 6.61 Å². The van der Waals surface area contributed by atoms with Crippen LogP contribution in [0.5, 0.6) is 0 Å². The highest BCUT2D eigenvalue weighted by molar-refractivity contribution is 5.74. The van der Waals surface area contributed by atoms with Crippen LogP contribution < -0.4 is 0 Å². The molecule has 1 aromatic rings. The number of hydrogen-bond acceptors (Lipinski definition) is 5. The summed E-state index contributed by atoms with van der Waals surface area (Å²) >= 11 is 0. The maximum absolute atomic E-state index is 13.0. The second kappa shape index (κ2) is 6.21. The maximum Gasteiger partial charge on any atom is 0.418 e. The Kier molecular flexibility index (Phi) is 4.86. The van der Waals surface area contributed by atoms with Gasteiger partial charge in [0.1, 0.15) is 11.6 Å². The van der Waals surface area contributed by atoms with Crippen molar-refractivity contribution in [3.8, 4) is 6.07 Å². The molecule has 21 heavy (non-hydrogen) atoms. The molecule has 112 valence electrons. The average molecular weight is 302 g/mol. The molecule has 0 fully saturated rings. The van der Waals surface area contributed by atoms with Gasteiger partial charge in [0, 0.05) is 6.07 Å². The lowest BCUT2D eigenvalue weighted by Gasteiger charge is -2.14. The van der Waals surface area contributed by atoms with Crippen LogP contribution in [0.15, 0.2) is 12.1 Å². The van der Waals surface area contributed by atoms with Crippen LogP contribution in [0, 0.1) is 21.4 Å². The summed E-state index contributed by atoms with van der Waals surface area (Å²) in [6.07, 6.45) is -5.73. The summed E-state index contributed by atoms with van der Waals surface area (Å²) < 4.78 is 43.7. The van der Waals surface area contributed by atoms with Crippen LogP contribution in [0.1, 0.15) is 23.6 Å². The third-order valence-corrected chi connectivity index (χ3v) is 2.50. The zero-order valence-electron chi connectivity index (χ0n) is 10.7. The van der Waals surface area contributed by atoms with Crippen LogP contribution in [-0.4, -0.2) is 17.5 Å². The van der Waals surface area contributed by atoms with Gasteiger partial charge >= 0.3 is 12.1 Å². The van der Waals surface area contributed by atoms with Gasteiger partial charge in [-0.2, -0.15) is 18.4 Å². The van der Waals surface area contributed by atoms with Gasteiger partial charge in [-0.15, -0.1) is 0 Å². The highest BCUT2D eigenvalue weighted by Gasteiger charge is 2.40. The van der Waals surface area contributed by atoms with Gasteiger partial charge in [0.2, 0.25) is 0 Å². The Labute approximate surface area is 116 Å². The highest BCUT2D eigenvalue weighted by atomic mass is 19.4. The number of hydrogen-bond donors (Lipinski definition) is 0. The van der Waals surface area contributed by atoms with Crippen molar-refractivity contribution in [1.29, 1.82) is 5.26 Å². The molecule has 0 aliphatic rings. The molecule has 0 radical (unpaired) electrons. The number of nitriles is 1. The maximum atomic E-state index is 13.0. The van der Waals surface area contributed by atoms with Crippen LogP contribution in [0.3, 0.4) is 0 Å². The molecule has 0 aliphatic carbocycles. The van der Waals surface area contributed by atoms with Gasteiger partial charge in [-0.25, -0.2) is 0 Å². The number of nitro benzene ring substituents is 1. The lowest BCUT2D eigenvalue weighted by Crippen LogP contribution is -2.17. The largest absolute Gasteiger partial charge is 0.466 e. The first-order valence-corrected chi connectivity index (χ1v) is 5.65. The average Bonchev–Trinajstić information content (AvgIpc) is 2.36. The van der Waals surface area contributed by atoms with Crippen molar-refractivity contribution in [3.05, 3.63) is 38.9 Å². The molecule has 0 saturated carbocycles. The zero-order valence-corrected chi connectivity index (χ0v) is 10.7. The van der Waals surface area contributed by atoms with Crippen molar-refractivity contribution in [1.82, 2.24) is 0 Å². The van der Waals surface area contributed by atoms with E-state index >= 15 is 0 Å². The van der Waals surface area contributed by atoms with Gasteiger partial charge in [0.05, 0.1) is 23.5 Å². The Morgan fingerprint density at radius 2 is 2.10 bits per heavy atom. The third-order valence-electron chi connectivity index (χ3n) is 2.50. The molecule has 0 amide bonds. The highest BCUT2D eigenvalue weighted by Crippen LogP contribution is 2.38. The lowest BCUT2D eigenvalue weighted by atomic mass is 9.97. The van der Waals surface area contributed by atoms with Crippen molar-refractivity contribution >= 4 is 11.7 Å². The molecule has 0 spiro atoms. The number of carbonyl (C=O) groups excluding carboxylic acids is 1. The fourth-order valence-corrected chi connectivity index (χ4v) is 1.74. The Balaban J connectivity index is 3.49. The van der Waals surface area contributed by atoms with Crippen molar-refractivity contribution in [2.24, 2.45) is 0 Å². The molecule has 0 aromatic heterocycles. The van der Waals surface area contributed by atoms with Gasteiger partial charge in [-0.3, -0.25) is 14.9 Å². The molecular formula is C12H9F3N2O4. The van der Waals surface area contributed by atoms with E-state index < -0.39 is 45.9 Å². The molecule has 9 heteroatoms. The summed E-state index contributed by atoms with van der Waals surface area (Å²) in [4.78, 5) is 20.9. The van der Waals surface area contributed by atoms with Gasteiger partial charge in [0.15, 0.2) is 0 Å². The molecule has 1 rings (SSSR count). The summed E-state index contributed by atoms with van der Waals surface area (Å²) in [7, 11) is 0. The number of carbonyl (C=O) groups is 1. The van der Waals surface area contributed by atoms with E-state index in [9.17, 15) is 28.1 Å². The van der Waals surface area contributed by atoms with Crippen molar-refractivity contribution in [3.63, 3.8) is 0 Å². The van der Waals surface area contributed by atoms with Gasteiger partial charge in [-0.05, 0) is 12.5 Å². The third kappa shape index (κ3) is 3.68. The van der Waals surface area contributed by atoms with Crippen molar-refractivity contribution in [2.45, 2.75) is 19.5 Å². The van der Waals surface area contributed by atoms with E-state index in [2.05, 4.69) is 4.74 Å². The van der Waals surface area contributed by atoms with Crippen LogP contribution in [0.2, 0.25) is 0 Å². The molecule has 0 N–H and O–H groups in total. The Hall–Kier alpha value is -2.63. The SMILES string of the molecule is CCOC(=O)Cc1ccc([N+](=O)[O-])c(C#N)c1C(F)(F)F. The number of benzene rings is 1. The summed E-state index contributed by atoms with van der Waals surface area (Å²) in [5.74, 6) is -0.916. The quantitative estimate of drug-likeness (QED) is 0.484. The Morgan fingerprint density at radius 1 is 1.48 bits per heavy atom. The molecule has 0 unspecified atom stereocenters. The zero-order chi connectivity index (χ0) is 16.2. The van der Waals surface area contributed by atoms with Crippen molar-refractivity contribution < 1.29 is 27.6 Å². The van der Waals surface area contributed by atoms with E-state index in [0.717, 1.165) is 12.1 Å². The summed E-state index contributed by atoms with van der Waals surface area (Å²) in [6.45, 7) is 1.47. The molecule has 0 atom stereocenters. The predicted octanol–water partition coefficient (Wildman–Crippen LogP) is 2.59. The molecule has 0 saturated heterocycles. The van der Waals surface area contributed by atoms with E-state index in [1.807, 2.05) is 0 Å².